The lowest BCUT2D eigenvalue weighted by atomic mass is 10.2. The molecule has 0 spiro atoms. The van der Waals surface area contributed by atoms with Gasteiger partial charge in [-0.15, -0.1) is 11.3 Å². The van der Waals surface area contributed by atoms with Crippen LogP contribution >= 0.6 is 11.3 Å². The van der Waals surface area contributed by atoms with Crippen LogP contribution in [0.1, 0.15) is 10.4 Å². The van der Waals surface area contributed by atoms with E-state index in [0.717, 1.165) is 23.5 Å². The van der Waals surface area contributed by atoms with Crippen LogP contribution in [0.4, 0.5) is 0 Å². The number of rotatable bonds is 4. The molecule has 2 aromatic rings. The minimum absolute atomic E-state index is 0.0520. The Hall–Kier alpha value is -2.26. The monoisotopic (exact) mass is 377 g/mol. The summed E-state index contributed by atoms with van der Waals surface area (Å²) in [5.74, 6) is -0.475. The standard InChI is InChI=1S/C17H23N5O3S/c1-11-12(2)26-16-15(11)17(25)22(10-19-16)9-13(23)18-8-14(24)21-6-4-20(3)5-7-21/h10H,4-9H2,1-3H3,(H,18,23). The molecule has 0 atom stereocenters. The third kappa shape index (κ3) is 3.78. The lowest BCUT2D eigenvalue weighted by molar-refractivity contribution is -0.134. The Balaban J connectivity index is 1.61. The van der Waals surface area contributed by atoms with Gasteiger partial charge in [0.25, 0.3) is 5.56 Å². The van der Waals surface area contributed by atoms with Gasteiger partial charge in [0.2, 0.25) is 11.8 Å². The average Bonchev–Trinajstić information content (AvgIpc) is 2.91. The molecule has 0 radical (unpaired) electrons. The van der Waals surface area contributed by atoms with Crippen molar-refractivity contribution in [1.29, 1.82) is 0 Å². The van der Waals surface area contributed by atoms with Gasteiger partial charge in [0, 0.05) is 31.1 Å². The summed E-state index contributed by atoms with van der Waals surface area (Å²) in [6, 6.07) is 0. The molecule has 3 rings (SSSR count). The van der Waals surface area contributed by atoms with Gasteiger partial charge in [-0.1, -0.05) is 0 Å². The number of nitrogens with zero attached hydrogens (tertiary/aromatic N) is 4. The second-order valence-corrected chi connectivity index (χ2v) is 7.81. The number of hydrogen-bond donors (Lipinski definition) is 1. The van der Waals surface area contributed by atoms with Crippen LogP contribution < -0.4 is 10.9 Å². The number of aromatic nitrogens is 2. The number of fused-ring (bicyclic) bond motifs is 1. The second kappa shape index (κ2) is 7.55. The highest BCUT2D eigenvalue weighted by molar-refractivity contribution is 7.18. The van der Waals surface area contributed by atoms with Crippen LogP contribution in [0.3, 0.4) is 0 Å². The van der Waals surface area contributed by atoms with E-state index in [0.29, 0.717) is 23.3 Å². The molecule has 140 valence electrons. The Bertz CT molecular complexity index is 896. The van der Waals surface area contributed by atoms with Crippen LogP contribution in [0.2, 0.25) is 0 Å². The predicted octanol–water partition coefficient (Wildman–Crippen LogP) is -0.0350. The number of hydrogen-bond acceptors (Lipinski definition) is 6. The summed E-state index contributed by atoms with van der Waals surface area (Å²) in [6.45, 7) is 6.64. The van der Waals surface area contributed by atoms with Crippen molar-refractivity contribution in [2.24, 2.45) is 0 Å². The van der Waals surface area contributed by atoms with Gasteiger partial charge >= 0.3 is 0 Å². The zero-order chi connectivity index (χ0) is 18.8. The van der Waals surface area contributed by atoms with Crippen molar-refractivity contribution in [1.82, 2.24) is 24.7 Å². The lowest BCUT2D eigenvalue weighted by Crippen LogP contribution is -2.50. The summed E-state index contributed by atoms with van der Waals surface area (Å²) in [5, 5.41) is 3.17. The topological polar surface area (TPSA) is 87.5 Å². The van der Waals surface area contributed by atoms with E-state index in [-0.39, 0.29) is 30.5 Å². The van der Waals surface area contributed by atoms with Gasteiger partial charge in [0.05, 0.1) is 18.3 Å². The van der Waals surface area contributed by atoms with Gasteiger partial charge < -0.3 is 15.1 Å². The fourth-order valence-electron chi connectivity index (χ4n) is 2.94. The van der Waals surface area contributed by atoms with E-state index in [9.17, 15) is 14.4 Å². The van der Waals surface area contributed by atoms with Crippen molar-refractivity contribution >= 4 is 33.4 Å². The molecular formula is C17H23N5O3S. The summed E-state index contributed by atoms with van der Waals surface area (Å²) in [5.41, 5.74) is 0.680. The lowest BCUT2D eigenvalue weighted by Gasteiger charge is -2.32. The van der Waals surface area contributed by atoms with E-state index in [1.54, 1.807) is 4.90 Å². The zero-order valence-corrected chi connectivity index (χ0v) is 16.1. The molecule has 0 bridgehead atoms. The normalized spacial score (nSPS) is 15.4. The second-order valence-electron chi connectivity index (χ2n) is 6.60. The van der Waals surface area contributed by atoms with E-state index >= 15 is 0 Å². The first-order valence-electron chi connectivity index (χ1n) is 8.55. The maximum atomic E-state index is 12.6. The summed E-state index contributed by atoms with van der Waals surface area (Å²) in [4.78, 5) is 46.8. The number of aryl methyl sites for hydroxylation is 2. The summed E-state index contributed by atoms with van der Waals surface area (Å²) in [6.07, 6.45) is 1.39. The van der Waals surface area contributed by atoms with Crippen LogP contribution in [0, 0.1) is 13.8 Å². The van der Waals surface area contributed by atoms with Gasteiger partial charge in [-0.3, -0.25) is 19.0 Å². The third-order valence-corrected chi connectivity index (χ3v) is 5.88. The fourth-order valence-corrected chi connectivity index (χ4v) is 3.92. The Kier molecular flexibility index (Phi) is 5.38. The molecule has 3 heterocycles. The van der Waals surface area contributed by atoms with E-state index in [1.165, 1.54) is 22.2 Å². The highest BCUT2D eigenvalue weighted by Crippen LogP contribution is 2.25. The summed E-state index contributed by atoms with van der Waals surface area (Å²) < 4.78 is 1.29. The number of thiophene rings is 1. The smallest absolute Gasteiger partial charge is 0.262 e. The van der Waals surface area contributed by atoms with Gasteiger partial charge in [-0.25, -0.2) is 4.98 Å². The number of carbonyl (C=O) groups excluding carboxylic acids is 2. The van der Waals surface area contributed by atoms with Crippen LogP contribution in [-0.4, -0.2) is 70.9 Å². The highest BCUT2D eigenvalue weighted by Gasteiger charge is 2.19. The van der Waals surface area contributed by atoms with Crippen molar-refractivity contribution in [3.8, 4) is 0 Å². The molecule has 1 aliphatic heterocycles. The number of likely N-dealkylation sites (N-methyl/N-ethyl adjacent to an activating group) is 1. The molecule has 0 aliphatic carbocycles. The first kappa shape index (κ1) is 18.5. The van der Waals surface area contributed by atoms with Crippen molar-refractivity contribution in [2.75, 3.05) is 39.8 Å². The van der Waals surface area contributed by atoms with E-state index in [2.05, 4.69) is 15.2 Å². The molecule has 2 aromatic heterocycles. The molecular weight excluding hydrogens is 354 g/mol. The van der Waals surface area contributed by atoms with E-state index < -0.39 is 0 Å². The van der Waals surface area contributed by atoms with E-state index in [1.807, 2.05) is 20.9 Å². The van der Waals surface area contributed by atoms with Crippen LogP contribution in [0.15, 0.2) is 11.1 Å². The van der Waals surface area contributed by atoms with Gasteiger partial charge in [0.15, 0.2) is 0 Å². The van der Waals surface area contributed by atoms with Crippen LogP contribution in [0.5, 0.6) is 0 Å². The number of piperazine rings is 1. The fraction of sp³-hybridized carbons (Fsp3) is 0.529. The molecule has 9 heteroatoms. The molecule has 0 aromatic carbocycles. The van der Waals surface area contributed by atoms with Gasteiger partial charge in [0.1, 0.15) is 11.4 Å². The first-order chi connectivity index (χ1) is 12.4. The van der Waals surface area contributed by atoms with Crippen LogP contribution in [-0.2, 0) is 16.1 Å². The Morgan fingerprint density at radius 3 is 2.62 bits per heavy atom. The molecule has 1 fully saturated rings. The molecule has 0 unspecified atom stereocenters. The SMILES string of the molecule is Cc1sc2ncn(CC(=O)NCC(=O)N3CCN(C)CC3)c(=O)c2c1C. The minimum atomic E-state index is -0.375. The molecule has 1 saturated heterocycles. The third-order valence-electron chi connectivity index (χ3n) is 4.76. The molecule has 2 amide bonds. The largest absolute Gasteiger partial charge is 0.345 e. The number of nitrogens with one attached hydrogen (secondary N) is 1. The molecule has 0 saturated carbocycles. The average molecular weight is 377 g/mol. The van der Waals surface area contributed by atoms with Crippen molar-refractivity contribution < 1.29 is 9.59 Å². The molecule has 1 aliphatic rings. The zero-order valence-electron chi connectivity index (χ0n) is 15.2. The molecule has 26 heavy (non-hydrogen) atoms. The van der Waals surface area contributed by atoms with Crippen LogP contribution in [0.25, 0.3) is 10.2 Å². The van der Waals surface area contributed by atoms with E-state index in [4.69, 9.17) is 0 Å². The number of amides is 2. The minimum Gasteiger partial charge on any atom is -0.345 e. The van der Waals surface area contributed by atoms with Gasteiger partial charge in [-0.05, 0) is 26.5 Å². The molecule has 1 N–H and O–H groups in total. The molecule has 8 nitrogen and oxygen atoms in total. The number of carbonyl (C=O) groups is 2. The Morgan fingerprint density at radius 1 is 1.23 bits per heavy atom. The van der Waals surface area contributed by atoms with Crippen molar-refractivity contribution in [3.05, 3.63) is 27.1 Å². The quantitative estimate of drug-likeness (QED) is 0.808. The maximum absolute atomic E-state index is 12.6. The Labute approximate surface area is 155 Å². The summed E-state index contributed by atoms with van der Waals surface area (Å²) >= 11 is 1.47. The van der Waals surface area contributed by atoms with Crippen molar-refractivity contribution in [3.63, 3.8) is 0 Å². The maximum Gasteiger partial charge on any atom is 0.262 e. The summed E-state index contributed by atoms with van der Waals surface area (Å²) in [7, 11) is 2.02. The predicted molar refractivity (Wildman–Crippen MR) is 100 cm³/mol. The van der Waals surface area contributed by atoms with Gasteiger partial charge in [-0.2, -0.15) is 0 Å². The Morgan fingerprint density at radius 2 is 1.92 bits per heavy atom. The van der Waals surface area contributed by atoms with Crippen molar-refractivity contribution in [2.45, 2.75) is 20.4 Å². The first-order valence-corrected chi connectivity index (χ1v) is 9.36. The highest BCUT2D eigenvalue weighted by atomic mass is 32.1.